The molecule has 0 bridgehead atoms. The molecule has 1 amide bonds. The van der Waals surface area contributed by atoms with Gasteiger partial charge >= 0.3 is 0 Å². The number of hydrogen-bond acceptors (Lipinski definition) is 2. The fourth-order valence-electron chi connectivity index (χ4n) is 1.82. The van der Waals surface area contributed by atoms with Crippen molar-refractivity contribution >= 4 is 5.91 Å². The van der Waals surface area contributed by atoms with Gasteiger partial charge < -0.3 is 4.90 Å². The summed E-state index contributed by atoms with van der Waals surface area (Å²) in [6.07, 6.45) is 1.20. The van der Waals surface area contributed by atoms with Gasteiger partial charge in [0, 0.05) is 26.2 Å². The van der Waals surface area contributed by atoms with Gasteiger partial charge in [0.2, 0.25) is 5.91 Å². The molecule has 1 rings (SSSR count). The third kappa shape index (κ3) is 2.98. The molecule has 3 nitrogen and oxygen atoms in total. The van der Waals surface area contributed by atoms with Crippen LogP contribution >= 0.6 is 0 Å². The molecule has 1 aliphatic heterocycles. The molecule has 0 aromatic heterocycles. The molecule has 0 saturated carbocycles. The lowest BCUT2D eigenvalue weighted by molar-refractivity contribution is -0.135. The molecule has 0 radical (unpaired) electrons. The van der Waals surface area contributed by atoms with Gasteiger partial charge in [-0.25, -0.2) is 0 Å². The lowest BCUT2D eigenvalue weighted by Gasteiger charge is -2.34. The summed E-state index contributed by atoms with van der Waals surface area (Å²) >= 11 is 0. The van der Waals surface area contributed by atoms with Gasteiger partial charge in [-0.2, -0.15) is 0 Å². The van der Waals surface area contributed by atoms with Crippen LogP contribution in [-0.4, -0.2) is 48.4 Å². The molecule has 14 heavy (non-hydrogen) atoms. The van der Waals surface area contributed by atoms with Crippen molar-refractivity contribution in [2.24, 2.45) is 5.92 Å². The van der Waals surface area contributed by atoms with E-state index in [0.717, 1.165) is 26.2 Å². The average molecular weight is 198 g/mol. The normalized spacial score (nSPS) is 21.4. The number of carbonyl (C=O) groups is 1. The van der Waals surface area contributed by atoms with Crippen LogP contribution in [-0.2, 0) is 4.79 Å². The van der Waals surface area contributed by atoms with Crippen LogP contribution in [0, 0.1) is 5.92 Å². The molecule has 3 heteroatoms. The Morgan fingerprint density at radius 1 is 1.36 bits per heavy atom. The molecule has 0 aliphatic carbocycles. The Kier molecular flexibility index (Phi) is 4.39. The predicted octanol–water partition coefficient (Wildman–Crippen LogP) is 1.20. The number of carbonyl (C=O) groups excluding carboxylic acids is 1. The van der Waals surface area contributed by atoms with Gasteiger partial charge in [-0.3, -0.25) is 9.69 Å². The molecule has 1 atom stereocenters. The van der Waals surface area contributed by atoms with Gasteiger partial charge in [0.05, 0.1) is 6.54 Å². The Balaban J connectivity index is 2.35. The second kappa shape index (κ2) is 5.35. The molecule has 1 heterocycles. The summed E-state index contributed by atoms with van der Waals surface area (Å²) in [6.45, 7) is 11.0. The predicted molar refractivity (Wildman–Crippen MR) is 58.1 cm³/mol. The summed E-state index contributed by atoms with van der Waals surface area (Å²) in [7, 11) is 0. The summed E-state index contributed by atoms with van der Waals surface area (Å²) in [5, 5.41) is 0. The van der Waals surface area contributed by atoms with Gasteiger partial charge in [-0.05, 0) is 12.8 Å². The minimum atomic E-state index is 0.294. The number of likely N-dealkylation sites (N-methyl/N-ethyl adjacent to an activating group) is 1. The second-order valence-electron chi connectivity index (χ2n) is 4.22. The highest BCUT2D eigenvalue weighted by Gasteiger charge is 2.22. The maximum atomic E-state index is 11.6. The molecular weight excluding hydrogens is 176 g/mol. The molecule has 1 saturated heterocycles. The Bertz CT molecular complexity index is 194. The summed E-state index contributed by atoms with van der Waals surface area (Å²) < 4.78 is 0. The van der Waals surface area contributed by atoms with Crippen LogP contribution in [0.3, 0.4) is 0 Å². The Morgan fingerprint density at radius 3 is 2.57 bits per heavy atom. The summed E-state index contributed by atoms with van der Waals surface area (Å²) in [5.41, 5.74) is 0. The molecule has 0 aromatic carbocycles. The van der Waals surface area contributed by atoms with E-state index in [-0.39, 0.29) is 0 Å². The van der Waals surface area contributed by atoms with E-state index in [1.165, 1.54) is 6.42 Å². The number of nitrogens with zero attached hydrogens (tertiary/aromatic N) is 2. The zero-order chi connectivity index (χ0) is 10.6. The zero-order valence-corrected chi connectivity index (χ0v) is 9.62. The molecule has 82 valence electrons. The minimum absolute atomic E-state index is 0.294. The molecule has 1 aliphatic rings. The van der Waals surface area contributed by atoms with Crippen molar-refractivity contribution in [2.75, 3.05) is 32.7 Å². The highest BCUT2D eigenvalue weighted by molar-refractivity contribution is 5.78. The van der Waals surface area contributed by atoms with E-state index in [0.29, 0.717) is 18.4 Å². The number of amides is 1. The van der Waals surface area contributed by atoms with Crippen molar-refractivity contribution in [3.8, 4) is 0 Å². The summed E-state index contributed by atoms with van der Waals surface area (Å²) in [5.74, 6) is 0.998. The molecule has 0 N–H and O–H groups in total. The number of hydrogen-bond donors (Lipinski definition) is 0. The lowest BCUT2D eigenvalue weighted by atomic mass is 10.1. The maximum Gasteiger partial charge on any atom is 0.236 e. The van der Waals surface area contributed by atoms with Crippen molar-refractivity contribution in [3.05, 3.63) is 0 Å². The van der Waals surface area contributed by atoms with Crippen LogP contribution in [0.25, 0.3) is 0 Å². The van der Waals surface area contributed by atoms with Crippen molar-refractivity contribution in [2.45, 2.75) is 27.2 Å². The van der Waals surface area contributed by atoms with Gasteiger partial charge in [0.15, 0.2) is 0 Å². The standard InChI is InChI=1S/C11H22N2O/c1-4-10(3)8-12-6-7-13(5-2)11(14)9-12/h10H,4-9H2,1-3H3. The van der Waals surface area contributed by atoms with E-state index < -0.39 is 0 Å². The monoisotopic (exact) mass is 198 g/mol. The molecule has 0 spiro atoms. The molecular formula is C11H22N2O. The van der Waals surface area contributed by atoms with E-state index in [1.807, 2.05) is 11.8 Å². The molecule has 0 aromatic rings. The van der Waals surface area contributed by atoms with E-state index in [9.17, 15) is 4.79 Å². The zero-order valence-electron chi connectivity index (χ0n) is 9.62. The van der Waals surface area contributed by atoms with Crippen LogP contribution in [0.15, 0.2) is 0 Å². The van der Waals surface area contributed by atoms with Gasteiger partial charge in [-0.15, -0.1) is 0 Å². The van der Waals surface area contributed by atoms with Crippen molar-refractivity contribution in [1.82, 2.24) is 9.80 Å². The smallest absolute Gasteiger partial charge is 0.236 e. The quantitative estimate of drug-likeness (QED) is 0.677. The SMILES string of the molecule is CCC(C)CN1CCN(CC)C(=O)C1. The number of piperazine rings is 1. The van der Waals surface area contributed by atoms with Crippen molar-refractivity contribution in [1.29, 1.82) is 0 Å². The fraction of sp³-hybridized carbons (Fsp3) is 0.909. The van der Waals surface area contributed by atoms with E-state index in [1.54, 1.807) is 0 Å². The van der Waals surface area contributed by atoms with Crippen LogP contribution < -0.4 is 0 Å². The highest BCUT2D eigenvalue weighted by Crippen LogP contribution is 2.08. The largest absolute Gasteiger partial charge is 0.341 e. The molecule has 1 unspecified atom stereocenters. The summed E-state index contributed by atoms with van der Waals surface area (Å²) in [6, 6.07) is 0. The highest BCUT2D eigenvalue weighted by atomic mass is 16.2. The summed E-state index contributed by atoms with van der Waals surface area (Å²) in [4.78, 5) is 15.8. The topological polar surface area (TPSA) is 23.6 Å². The second-order valence-corrected chi connectivity index (χ2v) is 4.22. The van der Waals surface area contributed by atoms with Crippen LogP contribution in [0.4, 0.5) is 0 Å². The average Bonchev–Trinajstić information content (AvgIpc) is 2.18. The first-order valence-electron chi connectivity index (χ1n) is 5.67. The van der Waals surface area contributed by atoms with Crippen molar-refractivity contribution < 1.29 is 4.79 Å². The Morgan fingerprint density at radius 2 is 2.07 bits per heavy atom. The van der Waals surface area contributed by atoms with E-state index in [4.69, 9.17) is 0 Å². The first-order chi connectivity index (χ1) is 6.67. The van der Waals surface area contributed by atoms with Crippen molar-refractivity contribution in [3.63, 3.8) is 0 Å². The minimum Gasteiger partial charge on any atom is -0.341 e. The third-order valence-electron chi connectivity index (χ3n) is 3.05. The van der Waals surface area contributed by atoms with Crippen LogP contribution in [0.1, 0.15) is 27.2 Å². The maximum absolute atomic E-state index is 11.6. The van der Waals surface area contributed by atoms with Gasteiger partial charge in [0.1, 0.15) is 0 Å². The van der Waals surface area contributed by atoms with Gasteiger partial charge in [0.25, 0.3) is 0 Å². The first kappa shape index (κ1) is 11.5. The third-order valence-corrected chi connectivity index (χ3v) is 3.05. The first-order valence-corrected chi connectivity index (χ1v) is 5.67. The van der Waals surface area contributed by atoms with E-state index in [2.05, 4.69) is 18.7 Å². The number of rotatable bonds is 4. The molecule has 1 fully saturated rings. The Labute approximate surface area is 87.1 Å². The van der Waals surface area contributed by atoms with Crippen LogP contribution in [0.2, 0.25) is 0 Å². The Hall–Kier alpha value is -0.570. The fourth-order valence-corrected chi connectivity index (χ4v) is 1.82. The van der Waals surface area contributed by atoms with Crippen LogP contribution in [0.5, 0.6) is 0 Å². The lowest BCUT2D eigenvalue weighted by Crippen LogP contribution is -2.50. The van der Waals surface area contributed by atoms with E-state index >= 15 is 0 Å². The van der Waals surface area contributed by atoms with Gasteiger partial charge in [-0.1, -0.05) is 20.3 Å².